The standard InChI is InChI=1S/C10H14BrFN2/c1-8(2-3-11)14-6-9-4-10(12)7-13-5-9/h4-5,7-8,14H,2-3,6H2,1H3. The Labute approximate surface area is 92.1 Å². The highest BCUT2D eigenvalue weighted by Crippen LogP contribution is 2.02. The van der Waals surface area contributed by atoms with Crippen molar-refractivity contribution >= 4 is 15.9 Å². The molecule has 1 rings (SSSR count). The van der Waals surface area contributed by atoms with E-state index in [9.17, 15) is 4.39 Å². The molecular formula is C10H14BrFN2. The van der Waals surface area contributed by atoms with Crippen LogP contribution >= 0.6 is 15.9 Å². The summed E-state index contributed by atoms with van der Waals surface area (Å²) < 4.78 is 12.7. The van der Waals surface area contributed by atoms with E-state index >= 15 is 0 Å². The molecule has 0 saturated carbocycles. The Balaban J connectivity index is 2.37. The average molecular weight is 261 g/mol. The van der Waals surface area contributed by atoms with Gasteiger partial charge in [-0.25, -0.2) is 4.39 Å². The number of rotatable bonds is 5. The molecular weight excluding hydrogens is 247 g/mol. The van der Waals surface area contributed by atoms with E-state index in [1.807, 2.05) is 0 Å². The van der Waals surface area contributed by atoms with Crippen molar-refractivity contribution in [2.45, 2.75) is 25.9 Å². The van der Waals surface area contributed by atoms with Gasteiger partial charge in [0.05, 0.1) is 6.20 Å². The van der Waals surface area contributed by atoms with Crippen molar-refractivity contribution in [3.8, 4) is 0 Å². The van der Waals surface area contributed by atoms with Crippen molar-refractivity contribution in [1.82, 2.24) is 10.3 Å². The Kier molecular flexibility index (Phi) is 5.04. The molecule has 2 nitrogen and oxygen atoms in total. The molecule has 0 fully saturated rings. The second kappa shape index (κ2) is 6.09. The smallest absolute Gasteiger partial charge is 0.141 e. The quantitative estimate of drug-likeness (QED) is 0.824. The number of alkyl halides is 1. The lowest BCUT2D eigenvalue weighted by molar-refractivity contribution is 0.534. The molecule has 0 aliphatic rings. The summed E-state index contributed by atoms with van der Waals surface area (Å²) in [6, 6.07) is 1.93. The van der Waals surface area contributed by atoms with Gasteiger partial charge < -0.3 is 5.32 Å². The van der Waals surface area contributed by atoms with E-state index in [4.69, 9.17) is 0 Å². The summed E-state index contributed by atoms with van der Waals surface area (Å²) in [5, 5.41) is 4.27. The maximum atomic E-state index is 12.7. The number of halogens is 2. The highest BCUT2D eigenvalue weighted by molar-refractivity contribution is 9.09. The van der Waals surface area contributed by atoms with Crippen molar-refractivity contribution in [2.75, 3.05) is 5.33 Å². The van der Waals surface area contributed by atoms with Gasteiger partial charge in [0.1, 0.15) is 5.82 Å². The first kappa shape index (κ1) is 11.6. The van der Waals surface area contributed by atoms with Crippen LogP contribution in [0.5, 0.6) is 0 Å². The number of nitrogens with zero attached hydrogens (tertiary/aromatic N) is 1. The predicted octanol–water partition coefficient (Wildman–Crippen LogP) is 2.48. The monoisotopic (exact) mass is 260 g/mol. The Morgan fingerprint density at radius 1 is 1.57 bits per heavy atom. The van der Waals surface area contributed by atoms with Gasteiger partial charge in [0.2, 0.25) is 0 Å². The minimum atomic E-state index is -0.280. The molecule has 1 N–H and O–H groups in total. The van der Waals surface area contributed by atoms with Gasteiger partial charge in [0.15, 0.2) is 0 Å². The first-order chi connectivity index (χ1) is 6.72. The second-order valence-electron chi connectivity index (χ2n) is 3.27. The molecule has 1 aromatic heterocycles. The molecule has 0 aromatic carbocycles. The summed E-state index contributed by atoms with van der Waals surface area (Å²) >= 11 is 3.38. The van der Waals surface area contributed by atoms with Gasteiger partial charge in [0.25, 0.3) is 0 Å². The Hall–Kier alpha value is -0.480. The van der Waals surface area contributed by atoms with Crippen LogP contribution in [0.4, 0.5) is 4.39 Å². The number of hydrogen-bond donors (Lipinski definition) is 1. The largest absolute Gasteiger partial charge is 0.310 e. The highest BCUT2D eigenvalue weighted by Gasteiger charge is 2.01. The van der Waals surface area contributed by atoms with Crippen LogP contribution in [0, 0.1) is 5.82 Å². The van der Waals surface area contributed by atoms with E-state index in [1.165, 1.54) is 12.3 Å². The number of aromatic nitrogens is 1. The van der Waals surface area contributed by atoms with Crippen LogP contribution in [-0.4, -0.2) is 16.4 Å². The second-order valence-corrected chi connectivity index (χ2v) is 4.06. The third-order valence-electron chi connectivity index (χ3n) is 1.96. The summed E-state index contributed by atoms with van der Waals surface area (Å²) in [7, 11) is 0. The zero-order valence-electron chi connectivity index (χ0n) is 8.13. The molecule has 0 aliphatic carbocycles. The maximum absolute atomic E-state index is 12.7. The van der Waals surface area contributed by atoms with Crippen LogP contribution < -0.4 is 5.32 Å². The normalized spacial score (nSPS) is 12.8. The van der Waals surface area contributed by atoms with Crippen LogP contribution in [0.1, 0.15) is 18.9 Å². The number of nitrogens with one attached hydrogen (secondary N) is 1. The molecule has 0 spiro atoms. The van der Waals surface area contributed by atoms with Crippen molar-refractivity contribution in [1.29, 1.82) is 0 Å². The molecule has 1 aromatic rings. The van der Waals surface area contributed by atoms with Gasteiger partial charge in [-0.05, 0) is 25.0 Å². The Morgan fingerprint density at radius 3 is 3.00 bits per heavy atom. The minimum Gasteiger partial charge on any atom is -0.310 e. The SMILES string of the molecule is CC(CCBr)NCc1cncc(F)c1. The molecule has 0 amide bonds. The van der Waals surface area contributed by atoms with Crippen LogP contribution in [0.25, 0.3) is 0 Å². The topological polar surface area (TPSA) is 24.9 Å². The van der Waals surface area contributed by atoms with E-state index in [0.717, 1.165) is 17.3 Å². The first-order valence-corrected chi connectivity index (χ1v) is 5.73. The average Bonchev–Trinajstić information content (AvgIpc) is 2.15. The van der Waals surface area contributed by atoms with Crippen molar-refractivity contribution < 1.29 is 4.39 Å². The minimum absolute atomic E-state index is 0.280. The first-order valence-electron chi connectivity index (χ1n) is 4.61. The van der Waals surface area contributed by atoms with Gasteiger partial charge >= 0.3 is 0 Å². The van der Waals surface area contributed by atoms with Crippen LogP contribution in [0.15, 0.2) is 18.5 Å². The third-order valence-corrected chi connectivity index (χ3v) is 2.42. The molecule has 0 bridgehead atoms. The van der Waals surface area contributed by atoms with E-state index in [-0.39, 0.29) is 5.82 Å². The molecule has 0 aliphatic heterocycles. The third kappa shape index (κ3) is 4.15. The van der Waals surface area contributed by atoms with Gasteiger partial charge in [-0.15, -0.1) is 0 Å². The highest BCUT2D eigenvalue weighted by atomic mass is 79.9. The molecule has 0 saturated heterocycles. The van der Waals surface area contributed by atoms with Crippen LogP contribution in [0.2, 0.25) is 0 Å². The molecule has 0 radical (unpaired) electrons. The molecule has 1 atom stereocenters. The Morgan fingerprint density at radius 2 is 2.36 bits per heavy atom. The molecule has 1 unspecified atom stereocenters. The summed E-state index contributed by atoms with van der Waals surface area (Å²) in [6.07, 6.45) is 3.95. The van der Waals surface area contributed by atoms with Crippen LogP contribution in [0.3, 0.4) is 0 Å². The maximum Gasteiger partial charge on any atom is 0.141 e. The van der Waals surface area contributed by atoms with Gasteiger partial charge in [0, 0.05) is 24.1 Å². The van der Waals surface area contributed by atoms with Crippen molar-refractivity contribution in [3.63, 3.8) is 0 Å². The lowest BCUT2D eigenvalue weighted by Gasteiger charge is -2.11. The molecule has 1 heterocycles. The molecule has 78 valence electrons. The summed E-state index contributed by atoms with van der Waals surface area (Å²) in [4.78, 5) is 3.78. The van der Waals surface area contributed by atoms with E-state index in [1.54, 1.807) is 6.20 Å². The van der Waals surface area contributed by atoms with E-state index < -0.39 is 0 Å². The number of pyridine rings is 1. The molecule has 14 heavy (non-hydrogen) atoms. The fourth-order valence-electron chi connectivity index (χ4n) is 1.11. The predicted molar refractivity (Wildman–Crippen MR) is 58.9 cm³/mol. The van der Waals surface area contributed by atoms with Gasteiger partial charge in [-0.3, -0.25) is 4.98 Å². The fourth-order valence-corrected chi connectivity index (χ4v) is 1.80. The zero-order valence-corrected chi connectivity index (χ0v) is 9.72. The molecule has 4 heteroatoms. The van der Waals surface area contributed by atoms with Gasteiger partial charge in [-0.2, -0.15) is 0 Å². The zero-order chi connectivity index (χ0) is 10.4. The van der Waals surface area contributed by atoms with E-state index in [2.05, 4.69) is 33.2 Å². The number of hydrogen-bond acceptors (Lipinski definition) is 2. The van der Waals surface area contributed by atoms with Gasteiger partial charge in [-0.1, -0.05) is 15.9 Å². The lowest BCUT2D eigenvalue weighted by atomic mass is 10.2. The fraction of sp³-hybridized carbons (Fsp3) is 0.500. The lowest BCUT2D eigenvalue weighted by Crippen LogP contribution is -2.25. The van der Waals surface area contributed by atoms with Crippen molar-refractivity contribution in [3.05, 3.63) is 29.8 Å². The summed E-state index contributed by atoms with van der Waals surface area (Å²) in [6.45, 7) is 2.77. The van der Waals surface area contributed by atoms with Crippen LogP contribution in [-0.2, 0) is 6.54 Å². The summed E-state index contributed by atoms with van der Waals surface area (Å²) in [5.41, 5.74) is 0.881. The van der Waals surface area contributed by atoms with E-state index in [0.29, 0.717) is 12.6 Å². The Bertz CT molecular complexity index is 281. The van der Waals surface area contributed by atoms with Crippen molar-refractivity contribution in [2.24, 2.45) is 0 Å². The summed E-state index contributed by atoms with van der Waals surface area (Å²) in [5.74, 6) is -0.280.